The van der Waals surface area contributed by atoms with Gasteiger partial charge in [0.2, 0.25) is 5.91 Å². The summed E-state index contributed by atoms with van der Waals surface area (Å²) >= 11 is 6.64. The van der Waals surface area contributed by atoms with Crippen LogP contribution < -0.4 is 10.2 Å². The smallest absolute Gasteiger partial charge is 0.338 e. The molecule has 0 spiro atoms. The fourth-order valence-corrected chi connectivity index (χ4v) is 5.90. The molecule has 2 aromatic rings. The van der Waals surface area contributed by atoms with Crippen LogP contribution in [0.4, 0.5) is 11.4 Å². The molecule has 8 nitrogen and oxygen atoms in total. The van der Waals surface area contributed by atoms with Crippen molar-refractivity contribution in [3.8, 4) is 0 Å². The van der Waals surface area contributed by atoms with Gasteiger partial charge >= 0.3 is 5.97 Å². The fourth-order valence-electron chi connectivity index (χ4n) is 4.52. The van der Waals surface area contributed by atoms with E-state index in [1.54, 1.807) is 60.4 Å². The molecule has 0 aromatic heterocycles. The number of para-hydroxylation sites is 1. The van der Waals surface area contributed by atoms with Gasteiger partial charge in [-0.05, 0) is 43.7 Å². The maximum absolute atomic E-state index is 13.6. The molecule has 2 aliphatic rings. The highest BCUT2D eigenvalue weighted by Gasteiger charge is 2.42. The number of fused-ring (bicyclic) bond motifs is 1. The Hall–Kier alpha value is -3.50. The van der Waals surface area contributed by atoms with E-state index in [1.165, 1.54) is 4.90 Å². The van der Waals surface area contributed by atoms with E-state index in [0.29, 0.717) is 38.3 Å². The molecule has 2 aliphatic heterocycles. The summed E-state index contributed by atoms with van der Waals surface area (Å²) in [5.74, 6) is -1.52. The molecule has 2 heterocycles. The first-order chi connectivity index (χ1) is 18.8. The third-order valence-corrected chi connectivity index (χ3v) is 7.91. The van der Waals surface area contributed by atoms with Crippen molar-refractivity contribution < 1.29 is 23.9 Å². The lowest BCUT2D eigenvalue weighted by Gasteiger charge is -2.17. The molecular weight excluding hydrogens is 534 g/mol. The summed E-state index contributed by atoms with van der Waals surface area (Å²) in [7, 11) is 0. The fraction of sp³-hybridized carbons (Fsp3) is 0.345. The van der Waals surface area contributed by atoms with Crippen molar-refractivity contribution in [1.82, 2.24) is 4.90 Å². The number of rotatable bonds is 11. The molecule has 10 heteroatoms. The summed E-state index contributed by atoms with van der Waals surface area (Å²) in [5, 5.41) is 2.76. The van der Waals surface area contributed by atoms with Gasteiger partial charge < -0.3 is 10.1 Å². The Morgan fingerprint density at radius 3 is 2.36 bits per heavy atom. The second-order valence-corrected chi connectivity index (χ2v) is 10.8. The molecule has 1 fully saturated rings. The summed E-state index contributed by atoms with van der Waals surface area (Å²) in [4.78, 5) is 55.0. The normalized spacial score (nSPS) is 16.6. The number of anilines is 2. The second kappa shape index (κ2) is 13.0. The number of carbonyl (C=O) groups excluding carboxylic acids is 4. The van der Waals surface area contributed by atoms with E-state index in [9.17, 15) is 19.2 Å². The molecule has 0 aliphatic carbocycles. The number of carbonyl (C=O) groups is 4. The SMILES string of the molecule is CCCCCCCN1C(=O)C(=C2C(=O)N(CC(=O)Nc3ccc(C(=O)OCC)cc3)c3ccccc32)SC1=S. The summed E-state index contributed by atoms with van der Waals surface area (Å²) in [6.45, 7) is 4.45. The zero-order valence-electron chi connectivity index (χ0n) is 22.0. The first-order valence-electron chi connectivity index (χ1n) is 13.1. The number of amides is 3. The zero-order chi connectivity index (χ0) is 27.9. The van der Waals surface area contributed by atoms with Crippen LogP contribution in [-0.4, -0.2) is 52.6 Å². The average molecular weight is 566 g/mol. The number of thiocarbonyl (C=S) groups is 1. The number of unbranched alkanes of at least 4 members (excludes halogenated alkanes) is 4. The molecule has 204 valence electrons. The third kappa shape index (κ3) is 6.39. The first kappa shape index (κ1) is 28.5. The van der Waals surface area contributed by atoms with Crippen LogP contribution in [0.2, 0.25) is 0 Å². The Bertz CT molecular complexity index is 1320. The average Bonchev–Trinajstić information content (AvgIpc) is 3.36. The molecule has 4 rings (SSSR count). The number of ether oxygens (including phenoxy) is 1. The van der Waals surface area contributed by atoms with Gasteiger partial charge in [-0.25, -0.2) is 4.79 Å². The van der Waals surface area contributed by atoms with Crippen molar-refractivity contribution in [3.63, 3.8) is 0 Å². The van der Waals surface area contributed by atoms with E-state index in [0.717, 1.165) is 43.9 Å². The van der Waals surface area contributed by atoms with Crippen LogP contribution in [0.3, 0.4) is 0 Å². The maximum atomic E-state index is 13.6. The highest BCUT2D eigenvalue weighted by Crippen LogP contribution is 2.44. The van der Waals surface area contributed by atoms with Crippen molar-refractivity contribution >= 4 is 68.9 Å². The highest BCUT2D eigenvalue weighted by atomic mass is 32.2. The van der Waals surface area contributed by atoms with Crippen LogP contribution in [-0.2, 0) is 19.1 Å². The number of nitrogens with one attached hydrogen (secondary N) is 1. The van der Waals surface area contributed by atoms with Gasteiger partial charge in [0.05, 0.1) is 28.3 Å². The third-order valence-electron chi connectivity index (χ3n) is 6.47. The minimum Gasteiger partial charge on any atom is -0.462 e. The predicted molar refractivity (Wildman–Crippen MR) is 157 cm³/mol. The molecule has 1 N–H and O–H groups in total. The summed E-state index contributed by atoms with van der Waals surface area (Å²) < 4.78 is 5.43. The molecule has 3 amide bonds. The van der Waals surface area contributed by atoms with Crippen LogP contribution in [0.15, 0.2) is 53.4 Å². The Morgan fingerprint density at radius 1 is 0.923 bits per heavy atom. The predicted octanol–water partition coefficient (Wildman–Crippen LogP) is 5.39. The van der Waals surface area contributed by atoms with Gasteiger partial charge in [0.25, 0.3) is 11.8 Å². The van der Waals surface area contributed by atoms with Crippen molar-refractivity contribution in [2.75, 3.05) is 29.9 Å². The molecule has 0 atom stereocenters. The van der Waals surface area contributed by atoms with E-state index in [1.807, 2.05) is 0 Å². The van der Waals surface area contributed by atoms with Gasteiger partial charge in [0.1, 0.15) is 10.9 Å². The van der Waals surface area contributed by atoms with Crippen LogP contribution >= 0.6 is 24.0 Å². The van der Waals surface area contributed by atoms with E-state index < -0.39 is 17.8 Å². The van der Waals surface area contributed by atoms with Crippen molar-refractivity contribution in [2.24, 2.45) is 0 Å². The molecule has 0 saturated carbocycles. The lowest BCUT2D eigenvalue weighted by atomic mass is 10.1. The van der Waals surface area contributed by atoms with Gasteiger partial charge in [0.15, 0.2) is 0 Å². The van der Waals surface area contributed by atoms with Crippen LogP contribution in [0.1, 0.15) is 61.9 Å². The minimum atomic E-state index is -0.441. The molecule has 1 saturated heterocycles. The molecule has 0 radical (unpaired) electrons. The van der Waals surface area contributed by atoms with Crippen molar-refractivity contribution in [3.05, 3.63) is 64.6 Å². The minimum absolute atomic E-state index is 0.239. The van der Waals surface area contributed by atoms with Crippen LogP contribution in [0.25, 0.3) is 5.57 Å². The Morgan fingerprint density at radius 2 is 1.64 bits per heavy atom. The number of hydrogen-bond acceptors (Lipinski definition) is 7. The van der Waals surface area contributed by atoms with Gasteiger partial charge in [-0.15, -0.1) is 0 Å². The Kier molecular flexibility index (Phi) is 9.53. The largest absolute Gasteiger partial charge is 0.462 e. The number of nitrogens with zero attached hydrogens (tertiary/aromatic N) is 2. The standard InChI is InChI=1S/C29H31N3O5S2/c1-3-5-6-7-10-17-31-27(35)25(39-29(31)38)24-21-11-8-9-12-22(21)32(26(24)34)18-23(33)30-20-15-13-19(14-16-20)28(36)37-4-2/h8-9,11-16H,3-7,10,17-18H2,1-2H3,(H,30,33). The second-order valence-electron chi connectivity index (χ2n) is 9.20. The molecule has 39 heavy (non-hydrogen) atoms. The number of esters is 1. The van der Waals surface area contributed by atoms with Crippen molar-refractivity contribution in [2.45, 2.75) is 46.0 Å². The Balaban J connectivity index is 1.49. The van der Waals surface area contributed by atoms with Crippen LogP contribution in [0, 0.1) is 0 Å². The topological polar surface area (TPSA) is 96.0 Å². The van der Waals surface area contributed by atoms with E-state index in [2.05, 4.69) is 12.2 Å². The summed E-state index contributed by atoms with van der Waals surface area (Å²) in [6.07, 6.45) is 5.30. The molecule has 0 unspecified atom stereocenters. The lowest BCUT2D eigenvalue weighted by molar-refractivity contribution is -0.122. The maximum Gasteiger partial charge on any atom is 0.338 e. The van der Waals surface area contributed by atoms with Gasteiger partial charge in [0, 0.05) is 17.8 Å². The van der Waals surface area contributed by atoms with E-state index in [4.69, 9.17) is 17.0 Å². The molecule has 2 aromatic carbocycles. The van der Waals surface area contributed by atoms with Crippen molar-refractivity contribution in [1.29, 1.82) is 0 Å². The Labute approximate surface area is 237 Å². The molecular formula is C29H31N3O5S2. The van der Waals surface area contributed by atoms with Gasteiger partial charge in [-0.2, -0.15) is 0 Å². The van der Waals surface area contributed by atoms with Gasteiger partial charge in [-0.1, -0.05) is 74.8 Å². The number of benzene rings is 2. The monoisotopic (exact) mass is 565 g/mol. The summed E-state index contributed by atoms with van der Waals surface area (Å²) in [6, 6.07) is 13.5. The molecule has 0 bridgehead atoms. The lowest BCUT2D eigenvalue weighted by Crippen LogP contribution is -2.35. The number of thioether (sulfide) groups is 1. The first-order valence-corrected chi connectivity index (χ1v) is 14.3. The van der Waals surface area contributed by atoms with E-state index in [-0.39, 0.29) is 24.6 Å². The van der Waals surface area contributed by atoms with Crippen LogP contribution in [0.5, 0.6) is 0 Å². The van der Waals surface area contributed by atoms with E-state index >= 15 is 0 Å². The highest BCUT2D eigenvalue weighted by molar-refractivity contribution is 8.26. The quantitative estimate of drug-likeness (QED) is 0.169. The summed E-state index contributed by atoms with van der Waals surface area (Å²) in [5.41, 5.74) is 2.31. The van der Waals surface area contributed by atoms with Gasteiger partial charge in [-0.3, -0.25) is 24.2 Å². The zero-order valence-corrected chi connectivity index (χ0v) is 23.7. The number of hydrogen-bond donors (Lipinski definition) is 1.